The van der Waals surface area contributed by atoms with Gasteiger partial charge in [-0.25, -0.2) is 0 Å². The van der Waals surface area contributed by atoms with Crippen LogP contribution in [0.5, 0.6) is 0 Å². The number of hydrogen-bond donors (Lipinski definition) is 0. The van der Waals surface area contributed by atoms with Crippen molar-refractivity contribution < 1.29 is 14.3 Å². The number of ketones is 1. The fourth-order valence-electron chi connectivity index (χ4n) is 1.92. The minimum atomic E-state index is 0.0701. The second kappa shape index (κ2) is 9.08. The molecule has 0 saturated carbocycles. The van der Waals surface area contributed by atoms with E-state index in [1.165, 1.54) is 0 Å². The van der Waals surface area contributed by atoms with E-state index < -0.39 is 0 Å². The first-order chi connectivity index (χ1) is 9.58. The third kappa shape index (κ3) is 5.59. The average molecular weight is 300 g/mol. The van der Waals surface area contributed by atoms with Gasteiger partial charge in [0.1, 0.15) is 0 Å². The Labute approximate surface area is 125 Å². The molecule has 20 heavy (non-hydrogen) atoms. The fraction of sp³-hybridized carbons (Fsp3) is 0.533. The molecule has 0 saturated heterocycles. The Balaban J connectivity index is 2.67. The van der Waals surface area contributed by atoms with E-state index in [1.807, 2.05) is 6.92 Å². The van der Waals surface area contributed by atoms with E-state index in [9.17, 15) is 4.79 Å². The van der Waals surface area contributed by atoms with E-state index >= 15 is 0 Å². The second-order valence-corrected chi connectivity index (χ2v) is 5.13. The summed E-state index contributed by atoms with van der Waals surface area (Å²) in [6.45, 7) is 4.24. The van der Waals surface area contributed by atoms with Gasteiger partial charge >= 0.3 is 0 Å². The van der Waals surface area contributed by atoms with Gasteiger partial charge in [-0.2, -0.15) is 0 Å². The smallest absolute Gasteiger partial charge is 0.176 e. The van der Waals surface area contributed by atoms with Crippen LogP contribution in [0.4, 0.5) is 0 Å². The molecule has 0 aliphatic rings. The van der Waals surface area contributed by atoms with E-state index in [2.05, 4.69) is 4.90 Å². The van der Waals surface area contributed by atoms with Crippen LogP contribution in [0, 0.1) is 0 Å². The number of nitrogens with zero attached hydrogens (tertiary/aromatic N) is 1. The maximum absolute atomic E-state index is 12.3. The summed E-state index contributed by atoms with van der Waals surface area (Å²) in [6, 6.07) is 7.12. The summed E-state index contributed by atoms with van der Waals surface area (Å²) in [5.74, 6) is 0.0701. The molecule has 0 amide bonds. The molecular formula is C15H22ClNO3. The highest BCUT2D eigenvalue weighted by Gasteiger charge is 2.18. The number of rotatable bonds is 9. The van der Waals surface area contributed by atoms with Crippen molar-refractivity contribution in [2.24, 2.45) is 0 Å². The third-order valence-corrected chi connectivity index (χ3v) is 3.38. The first kappa shape index (κ1) is 17.1. The summed E-state index contributed by atoms with van der Waals surface area (Å²) in [5, 5.41) is 0.630. The summed E-state index contributed by atoms with van der Waals surface area (Å²) >= 11 is 5.83. The summed E-state index contributed by atoms with van der Waals surface area (Å²) < 4.78 is 10.2. The highest BCUT2D eigenvalue weighted by atomic mass is 35.5. The predicted octanol–water partition coefficient (Wildman–Crippen LogP) is 2.51. The molecule has 5 heteroatoms. The number of carbonyl (C=O) groups is 1. The van der Waals surface area contributed by atoms with Gasteiger partial charge in [-0.15, -0.1) is 0 Å². The Kier molecular flexibility index (Phi) is 7.77. The van der Waals surface area contributed by atoms with Crippen LogP contribution in [-0.4, -0.2) is 57.2 Å². The number of ether oxygens (including phenoxy) is 2. The van der Waals surface area contributed by atoms with Crippen molar-refractivity contribution in [3.05, 3.63) is 34.9 Å². The van der Waals surface area contributed by atoms with Gasteiger partial charge in [-0.1, -0.05) is 11.6 Å². The standard InChI is InChI=1S/C15H22ClNO3/c1-12(11-20-3)17(8-9-19-2)10-15(18)13-4-6-14(16)7-5-13/h4-7,12H,8-11H2,1-3H3. The van der Waals surface area contributed by atoms with Gasteiger partial charge in [0.15, 0.2) is 5.78 Å². The number of methoxy groups -OCH3 is 2. The fourth-order valence-corrected chi connectivity index (χ4v) is 2.05. The lowest BCUT2D eigenvalue weighted by Gasteiger charge is -2.27. The van der Waals surface area contributed by atoms with Gasteiger partial charge < -0.3 is 9.47 Å². The molecule has 0 aromatic heterocycles. The quantitative estimate of drug-likeness (QED) is 0.657. The Hall–Kier alpha value is -0.940. The molecule has 1 unspecified atom stereocenters. The van der Waals surface area contributed by atoms with Crippen molar-refractivity contribution in [3.63, 3.8) is 0 Å². The first-order valence-corrected chi connectivity index (χ1v) is 6.97. The van der Waals surface area contributed by atoms with E-state index in [1.54, 1.807) is 38.5 Å². The van der Waals surface area contributed by atoms with Crippen LogP contribution in [0.3, 0.4) is 0 Å². The minimum absolute atomic E-state index is 0.0701. The molecule has 0 bridgehead atoms. The lowest BCUT2D eigenvalue weighted by atomic mass is 10.1. The van der Waals surface area contributed by atoms with Gasteiger partial charge in [0.25, 0.3) is 0 Å². The number of carbonyl (C=O) groups excluding carboxylic acids is 1. The maximum Gasteiger partial charge on any atom is 0.176 e. The third-order valence-electron chi connectivity index (χ3n) is 3.13. The predicted molar refractivity (Wildman–Crippen MR) is 80.6 cm³/mol. The number of halogens is 1. The first-order valence-electron chi connectivity index (χ1n) is 6.59. The molecule has 1 aromatic carbocycles. The maximum atomic E-state index is 12.3. The lowest BCUT2D eigenvalue weighted by Crippen LogP contribution is -2.41. The normalized spacial score (nSPS) is 12.7. The molecular weight excluding hydrogens is 278 g/mol. The Morgan fingerprint density at radius 1 is 1.25 bits per heavy atom. The number of Topliss-reactive ketones (excluding diaryl/α,β-unsaturated/α-hetero) is 1. The molecule has 0 spiro atoms. The van der Waals surface area contributed by atoms with Crippen molar-refractivity contribution in [2.75, 3.05) is 40.5 Å². The number of hydrogen-bond acceptors (Lipinski definition) is 4. The van der Waals surface area contributed by atoms with E-state index in [-0.39, 0.29) is 11.8 Å². The van der Waals surface area contributed by atoms with Crippen molar-refractivity contribution in [1.82, 2.24) is 4.90 Å². The van der Waals surface area contributed by atoms with Crippen LogP contribution in [0.1, 0.15) is 17.3 Å². The van der Waals surface area contributed by atoms with E-state index in [0.29, 0.717) is 36.9 Å². The van der Waals surface area contributed by atoms with Crippen LogP contribution in [-0.2, 0) is 9.47 Å². The molecule has 1 rings (SSSR count). The summed E-state index contributed by atoms with van der Waals surface area (Å²) in [4.78, 5) is 14.3. The summed E-state index contributed by atoms with van der Waals surface area (Å²) in [7, 11) is 3.31. The Morgan fingerprint density at radius 2 is 1.90 bits per heavy atom. The van der Waals surface area contributed by atoms with Crippen LogP contribution in [0.2, 0.25) is 5.02 Å². The van der Waals surface area contributed by atoms with Gasteiger partial charge in [0.05, 0.1) is 19.8 Å². The topological polar surface area (TPSA) is 38.8 Å². The molecule has 0 aliphatic carbocycles. The molecule has 1 atom stereocenters. The molecule has 0 fully saturated rings. The molecule has 1 aromatic rings. The summed E-state index contributed by atoms with van der Waals surface area (Å²) in [6.07, 6.45) is 0. The molecule has 0 aliphatic heterocycles. The lowest BCUT2D eigenvalue weighted by molar-refractivity contribution is 0.0651. The van der Waals surface area contributed by atoms with Crippen molar-refractivity contribution in [2.45, 2.75) is 13.0 Å². The highest BCUT2D eigenvalue weighted by Crippen LogP contribution is 2.11. The van der Waals surface area contributed by atoms with Crippen molar-refractivity contribution >= 4 is 17.4 Å². The Morgan fingerprint density at radius 3 is 2.45 bits per heavy atom. The molecule has 0 radical (unpaired) electrons. The molecule has 0 N–H and O–H groups in total. The average Bonchev–Trinajstić information content (AvgIpc) is 2.44. The van der Waals surface area contributed by atoms with Gasteiger partial charge in [0, 0.05) is 37.4 Å². The highest BCUT2D eigenvalue weighted by molar-refractivity contribution is 6.30. The zero-order chi connectivity index (χ0) is 15.0. The second-order valence-electron chi connectivity index (χ2n) is 4.70. The van der Waals surface area contributed by atoms with E-state index in [0.717, 1.165) is 0 Å². The SMILES string of the molecule is COCCN(CC(=O)c1ccc(Cl)cc1)C(C)COC. The summed E-state index contributed by atoms with van der Waals surface area (Å²) in [5.41, 5.74) is 0.668. The number of benzene rings is 1. The Bertz CT molecular complexity index is 408. The largest absolute Gasteiger partial charge is 0.383 e. The van der Waals surface area contributed by atoms with Crippen LogP contribution >= 0.6 is 11.6 Å². The van der Waals surface area contributed by atoms with Crippen LogP contribution < -0.4 is 0 Å². The zero-order valence-corrected chi connectivity index (χ0v) is 13.0. The molecule has 4 nitrogen and oxygen atoms in total. The molecule has 112 valence electrons. The van der Waals surface area contributed by atoms with Crippen molar-refractivity contribution in [1.29, 1.82) is 0 Å². The van der Waals surface area contributed by atoms with Gasteiger partial charge in [0.2, 0.25) is 0 Å². The van der Waals surface area contributed by atoms with Crippen LogP contribution in [0.15, 0.2) is 24.3 Å². The minimum Gasteiger partial charge on any atom is -0.383 e. The molecule has 0 heterocycles. The van der Waals surface area contributed by atoms with Crippen molar-refractivity contribution in [3.8, 4) is 0 Å². The van der Waals surface area contributed by atoms with E-state index in [4.69, 9.17) is 21.1 Å². The zero-order valence-electron chi connectivity index (χ0n) is 12.3. The monoisotopic (exact) mass is 299 g/mol. The van der Waals surface area contributed by atoms with Crippen LogP contribution in [0.25, 0.3) is 0 Å². The van der Waals surface area contributed by atoms with Gasteiger partial charge in [-0.05, 0) is 31.2 Å². The van der Waals surface area contributed by atoms with Gasteiger partial charge in [-0.3, -0.25) is 9.69 Å².